The number of fused-ring (bicyclic) bond motifs is 1. The van der Waals surface area contributed by atoms with E-state index in [1.54, 1.807) is 24.3 Å². The summed E-state index contributed by atoms with van der Waals surface area (Å²) in [7, 11) is 1.54. The van der Waals surface area contributed by atoms with Crippen LogP contribution in [0.5, 0.6) is 5.75 Å². The molecule has 1 aromatic heterocycles. The van der Waals surface area contributed by atoms with Crippen LogP contribution in [0.3, 0.4) is 0 Å². The van der Waals surface area contributed by atoms with Crippen molar-refractivity contribution in [3.8, 4) is 5.75 Å². The first kappa shape index (κ1) is 20.9. The van der Waals surface area contributed by atoms with Crippen molar-refractivity contribution in [2.24, 2.45) is 0 Å². The molecular formula is C22H27N5O4. The van der Waals surface area contributed by atoms with Crippen molar-refractivity contribution in [3.63, 3.8) is 0 Å². The lowest BCUT2D eigenvalue weighted by Gasteiger charge is -2.36. The van der Waals surface area contributed by atoms with Crippen LogP contribution in [0.25, 0.3) is 0 Å². The number of ether oxygens (including phenoxy) is 1. The van der Waals surface area contributed by atoms with E-state index in [1.165, 1.54) is 7.11 Å². The van der Waals surface area contributed by atoms with Gasteiger partial charge in [0.1, 0.15) is 11.6 Å². The quantitative estimate of drug-likeness (QED) is 0.678. The van der Waals surface area contributed by atoms with Crippen LogP contribution in [0, 0.1) is 0 Å². The van der Waals surface area contributed by atoms with Crippen LogP contribution in [0.2, 0.25) is 0 Å². The van der Waals surface area contributed by atoms with Crippen LogP contribution < -0.4 is 25.8 Å². The second kappa shape index (κ2) is 8.79. The van der Waals surface area contributed by atoms with Gasteiger partial charge in [0.25, 0.3) is 5.56 Å². The average molecular weight is 425 g/mol. The number of benzene rings is 1. The molecule has 0 aliphatic carbocycles. The van der Waals surface area contributed by atoms with Gasteiger partial charge in [0.15, 0.2) is 0 Å². The number of amides is 2. The molecule has 3 heterocycles. The van der Waals surface area contributed by atoms with E-state index in [0.717, 1.165) is 32.2 Å². The summed E-state index contributed by atoms with van der Waals surface area (Å²) in [4.78, 5) is 47.9. The van der Waals surface area contributed by atoms with Crippen molar-refractivity contribution in [2.45, 2.75) is 51.0 Å². The zero-order valence-corrected chi connectivity index (χ0v) is 17.7. The summed E-state index contributed by atoms with van der Waals surface area (Å²) in [5.41, 5.74) is 0.317. The monoisotopic (exact) mass is 425 g/mol. The number of rotatable bonds is 5. The largest absolute Gasteiger partial charge is 0.497 e. The number of aromatic nitrogens is 2. The second-order valence-electron chi connectivity index (χ2n) is 7.93. The molecule has 1 fully saturated rings. The van der Waals surface area contributed by atoms with Crippen LogP contribution in [0.1, 0.15) is 50.5 Å². The Morgan fingerprint density at radius 2 is 2.16 bits per heavy atom. The highest BCUT2D eigenvalue weighted by Crippen LogP contribution is 2.32. The molecule has 2 aliphatic rings. The molecule has 164 valence electrons. The Balaban J connectivity index is 1.65. The molecular weight excluding hydrogens is 398 g/mol. The predicted octanol–water partition coefficient (Wildman–Crippen LogP) is 2.61. The molecule has 0 radical (unpaired) electrons. The molecule has 4 rings (SSSR count). The molecule has 0 spiro atoms. The molecule has 0 bridgehead atoms. The van der Waals surface area contributed by atoms with Crippen LogP contribution in [0.15, 0.2) is 29.1 Å². The van der Waals surface area contributed by atoms with E-state index in [2.05, 4.69) is 32.4 Å². The molecule has 1 saturated heterocycles. The summed E-state index contributed by atoms with van der Waals surface area (Å²) in [5.74, 6) is -0.494. The van der Waals surface area contributed by atoms with Crippen LogP contribution in [-0.4, -0.2) is 41.5 Å². The Morgan fingerprint density at radius 3 is 2.94 bits per heavy atom. The van der Waals surface area contributed by atoms with Gasteiger partial charge in [-0.15, -0.1) is 0 Å². The van der Waals surface area contributed by atoms with Gasteiger partial charge in [-0.3, -0.25) is 19.4 Å². The molecule has 9 heteroatoms. The number of hydrogen-bond donors (Lipinski definition) is 3. The highest BCUT2D eigenvalue weighted by molar-refractivity contribution is 6.04. The first-order chi connectivity index (χ1) is 15.0. The number of aromatic amines is 1. The van der Waals surface area contributed by atoms with Gasteiger partial charge in [-0.1, -0.05) is 13.0 Å². The van der Waals surface area contributed by atoms with E-state index in [9.17, 15) is 14.4 Å². The number of hydrogen-bond acceptors (Lipinski definition) is 6. The number of anilines is 3. The minimum Gasteiger partial charge on any atom is -0.497 e. The zero-order chi connectivity index (χ0) is 22.0. The summed E-state index contributed by atoms with van der Waals surface area (Å²) in [6.07, 6.45) is 4.03. The highest BCUT2D eigenvalue weighted by Gasteiger charge is 2.35. The highest BCUT2D eigenvalue weighted by atomic mass is 16.5. The Kier molecular flexibility index (Phi) is 5.92. The fraction of sp³-hybridized carbons (Fsp3) is 0.455. The first-order valence-electron chi connectivity index (χ1n) is 10.7. The van der Waals surface area contributed by atoms with E-state index in [4.69, 9.17) is 4.74 Å². The standard InChI is InChI=1S/C22H27N5O4/c1-3-14-8-4-5-10-27(14)22-25-19-18(21(30)26-22)16(12-17(28)24-19)20(29)23-13-7-6-9-15(11-13)31-2/h6-7,9,11,14,16H,3-5,8,10,12H2,1-2H3,(H,23,29)(H2,24,25,26,28,30)/t14-,16+/m1/s1. The maximum atomic E-state index is 13.0. The van der Waals surface area contributed by atoms with Crippen molar-refractivity contribution in [3.05, 3.63) is 40.2 Å². The van der Waals surface area contributed by atoms with Crippen molar-refractivity contribution < 1.29 is 14.3 Å². The van der Waals surface area contributed by atoms with Gasteiger partial charge in [0.2, 0.25) is 17.8 Å². The van der Waals surface area contributed by atoms with Gasteiger partial charge < -0.3 is 20.3 Å². The minimum atomic E-state index is -0.927. The third-order valence-electron chi connectivity index (χ3n) is 5.96. The third kappa shape index (κ3) is 4.26. The van der Waals surface area contributed by atoms with E-state index >= 15 is 0 Å². The molecule has 2 amide bonds. The van der Waals surface area contributed by atoms with Crippen molar-refractivity contribution >= 4 is 29.3 Å². The Bertz CT molecular complexity index is 1050. The SMILES string of the molecule is CC[C@@H]1CCCCN1c1nc2c(c(=O)[nH]1)[C@@H](C(=O)Nc1cccc(OC)c1)CC(=O)N2. The Morgan fingerprint density at radius 1 is 1.32 bits per heavy atom. The van der Waals surface area contributed by atoms with Crippen LogP contribution in [-0.2, 0) is 9.59 Å². The van der Waals surface area contributed by atoms with Crippen LogP contribution in [0.4, 0.5) is 17.5 Å². The van der Waals surface area contributed by atoms with E-state index in [-0.39, 0.29) is 23.7 Å². The maximum Gasteiger partial charge on any atom is 0.258 e. The number of methoxy groups -OCH3 is 1. The maximum absolute atomic E-state index is 13.0. The van der Waals surface area contributed by atoms with E-state index < -0.39 is 17.4 Å². The normalized spacial score (nSPS) is 20.6. The predicted molar refractivity (Wildman–Crippen MR) is 118 cm³/mol. The van der Waals surface area contributed by atoms with Gasteiger partial charge in [0.05, 0.1) is 18.6 Å². The van der Waals surface area contributed by atoms with Crippen molar-refractivity contribution in [1.29, 1.82) is 0 Å². The third-order valence-corrected chi connectivity index (χ3v) is 5.96. The van der Waals surface area contributed by atoms with Crippen molar-refractivity contribution in [1.82, 2.24) is 9.97 Å². The fourth-order valence-corrected chi connectivity index (χ4v) is 4.35. The molecule has 0 unspecified atom stereocenters. The summed E-state index contributed by atoms with van der Waals surface area (Å²) in [6, 6.07) is 7.20. The molecule has 2 atom stereocenters. The number of carbonyl (C=O) groups excluding carboxylic acids is 2. The lowest BCUT2D eigenvalue weighted by atomic mass is 9.92. The van der Waals surface area contributed by atoms with Crippen LogP contribution >= 0.6 is 0 Å². The van der Waals surface area contributed by atoms with Gasteiger partial charge >= 0.3 is 0 Å². The molecule has 1 aromatic carbocycles. The summed E-state index contributed by atoms with van der Waals surface area (Å²) in [5, 5.41) is 5.46. The van der Waals surface area contributed by atoms with E-state index in [0.29, 0.717) is 23.4 Å². The number of nitrogens with zero attached hydrogens (tertiary/aromatic N) is 2. The molecule has 31 heavy (non-hydrogen) atoms. The van der Waals surface area contributed by atoms with Gasteiger partial charge in [-0.25, -0.2) is 0 Å². The van der Waals surface area contributed by atoms with Gasteiger partial charge in [-0.2, -0.15) is 4.98 Å². The summed E-state index contributed by atoms with van der Waals surface area (Å²) >= 11 is 0. The smallest absolute Gasteiger partial charge is 0.258 e. The fourth-order valence-electron chi connectivity index (χ4n) is 4.35. The molecule has 2 aromatic rings. The Labute approximate surface area is 180 Å². The van der Waals surface area contributed by atoms with E-state index in [1.807, 2.05) is 0 Å². The summed E-state index contributed by atoms with van der Waals surface area (Å²) in [6.45, 7) is 2.91. The number of carbonyl (C=O) groups is 2. The molecule has 2 aliphatic heterocycles. The zero-order valence-electron chi connectivity index (χ0n) is 17.7. The summed E-state index contributed by atoms with van der Waals surface area (Å²) < 4.78 is 5.18. The van der Waals surface area contributed by atoms with Crippen molar-refractivity contribution in [2.75, 3.05) is 29.2 Å². The van der Waals surface area contributed by atoms with Gasteiger partial charge in [-0.05, 0) is 37.8 Å². The Hall–Kier alpha value is -3.36. The number of piperidine rings is 1. The minimum absolute atomic E-state index is 0.117. The number of nitrogens with one attached hydrogen (secondary N) is 3. The second-order valence-corrected chi connectivity index (χ2v) is 7.93. The first-order valence-corrected chi connectivity index (χ1v) is 10.7. The lowest BCUT2D eigenvalue weighted by molar-refractivity contribution is -0.123. The topological polar surface area (TPSA) is 116 Å². The number of H-pyrrole nitrogens is 1. The van der Waals surface area contributed by atoms with Gasteiger partial charge in [0, 0.05) is 30.8 Å². The molecule has 3 N–H and O–H groups in total. The lowest BCUT2D eigenvalue weighted by Crippen LogP contribution is -2.43. The molecule has 9 nitrogen and oxygen atoms in total. The average Bonchev–Trinajstić information content (AvgIpc) is 2.78. The molecule has 0 saturated carbocycles.